The van der Waals surface area contributed by atoms with Crippen molar-refractivity contribution in [3.8, 4) is 0 Å². The minimum absolute atomic E-state index is 0.179. The maximum absolute atomic E-state index is 12.8. The lowest BCUT2D eigenvalue weighted by molar-refractivity contribution is -0.140. The van der Waals surface area contributed by atoms with E-state index in [0.717, 1.165) is 50.2 Å². The van der Waals surface area contributed by atoms with E-state index in [-0.39, 0.29) is 11.5 Å². The van der Waals surface area contributed by atoms with E-state index in [2.05, 4.69) is 34.3 Å². The Kier molecular flexibility index (Phi) is 4.05. The fourth-order valence-electron chi connectivity index (χ4n) is 4.88. The number of nitrogens with zero attached hydrogens (tertiary/aromatic N) is 3. The summed E-state index contributed by atoms with van der Waals surface area (Å²) in [5.41, 5.74) is 5.47. The number of likely N-dealkylation sites (tertiary alicyclic amines) is 1. The van der Waals surface area contributed by atoms with Crippen LogP contribution in [0.2, 0.25) is 0 Å². The van der Waals surface area contributed by atoms with Crippen molar-refractivity contribution in [1.82, 2.24) is 19.7 Å². The second-order valence-corrected chi connectivity index (χ2v) is 8.09. The SMILES string of the molecule is Cc1nn(C)cc1CC(=O)N1CCC2(CC1)OCCc1c2[nH]c2ccccc12. The van der Waals surface area contributed by atoms with Crippen molar-refractivity contribution < 1.29 is 9.53 Å². The number of benzene rings is 1. The molecule has 0 unspecified atom stereocenters. The third kappa shape index (κ3) is 2.75. The third-order valence-corrected chi connectivity index (χ3v) is 6.38. The number of amides is 1. The van der Waals surface area contributed by atoms with Crippen molar-refractivity contribution in [1.29, 1.82) is 0 Å². The van der Waals surface area contributed by atoms with Crippen LogP contribution in [0.15, 0.2) is 30.5 Å². The number of hydrogen-bond acceptors (Lipinski definition) is 3. The molecule has 0 aliphatic carbocycles. The molecule has 2 aliphatic rings. The average molecular weight is 378 g/mol. The first kappa shape index (κ1) is 17.5. The maximum Gasteiger partial charge on any atom is 0.227 e. The molecule has 0 bridgehead atoms. The highest BCUT2D eigenvalue weighted by molar-refractivity contribution is 5.85. The standard InChI is InChI=1S/C22H26N4O2/c1-15-16(14-25(2)24-15)13-20(27)26-10-8-22(9-11-26)21-18(7-12-28-22)17-5-3-4-6-19(17)23-21/h3-6,14,23H,7-13H2,1-2H3. The summed E-state index contributed by atoms with van der Waals surface area (Å²) in [6, 6.07) is 8.49. The van der Waals surface area contributed by atoms with Crippen LogP contribution < -0.4 is 0 Å². The topological polar surface area (TPSA) is 63.1 Å². The quantitative estimate of drug-likeness (QED) is 0.746. The molecule has 0 atom stereocenters. The van der Waals surface area contributed by atoms with Gasteiger partial charge in [0.2, 0.25) is 5.91 Å². The molecule has 1 amide bonds. The highest BCUT2D eigenvalue weighted by atomic mass is 16.5. The number of aryl methyl sites for hydroxylation is 2. The number of H-pyrrole nitrogens is 1. The van der Waals surface area contributed by atoms with E-state index in [1.807, 2.05) is 25.1 Å². The number of carbonyl (C=O) groups is 1. The second-order valence-electron chi connectivity index (χ2n) is 8.09. The molecule has 3 aromatic rings. The monoisotopic (exact) mass is 378 g/mol. The van der Waals surface area contributed by atoms with E-state index < -0.39 is 0 Å². The zero-order valence-corrected chi connectivity index (χ0v) is 16.5. The van der Waals surface area contributed by atoms with Crippen LogP contribution in [0.3, 0.4) is 0 Å². The second kappa shape index (κ2) is 6.48. The predicted octanol–water partition coefficient (Wildman–Crippen LogP) is 2.84. The Morgan fingerprint density at radius 2 is 2.07 bits per heavy atom. The number of piperidine rings is 1. The van der Waals surface area contributed by atoms with Gasteiger partial charge >= 0.3 is 0 Å². The molecule has 4 heterocycles. The molecule has 0 saturated carbocycles. The zero-order chi connectivity index (χ0) is 19.3. The summed E-state index contributed by atoms with van der Waals surface area (Å²) in [7, 11) is 1.89. The van der Waals surface area contributed by atoms with E-state index in [1.165, 1.54) is 22.2 Å². The van der Waals surface area contributed by atoms with E-state index in [0.29, 0.717) is 6.42 Å². The molecular formula is C22H26N4O2. The average Bonchev–Trinajstić information content (AvgIpc) is 3.23. The number of ether oxygens (including phenoxy) is 1. The summed E-state index contributed by atoms with van der Waals surface area (Å²) in [5.74, 6) is 0.179. The van der Waals surface area contributed by atoms with Crippen LogP contribution in [-0.2, 0) is 35.0 Å². The van der Waals surface area contributed by atoms with Crippen LogP contribution in [0.25, 0.3) is 10.9 Å². The van der Waals surface area contributed by atoms with Gasteiger partial charge in [-0.1, -0.05) is 18.2 Å². The van der Waals surface area contributed by atoms with Crippen molar-refractivity contribution in [2.75, 3.05) is 19.7 Å². The zero-order valence-electron chi connectivity index (χ0n) is 16.5. The van der Waals surface area contributed by atoms with Crippen LogP contribution in [0.4, 0.5) is 0 Å². The van der Waals surface area contributed by atoms with Crippen LogP contribution in [-0.4, -0.2) is 45.3 Å². The Morgan fingerprint density at radius 1 is 1.29 bits per heavy atom. The molecule has 1 spiro atoms. The summed E-state index contributed by atoms with van der Waals surface area (Å²) in [5, 5.41) is 5.66. The lowest BCUT2D eigenvalue weighted by Gasteiger charge is -2.43. The van der Waals surface area contributed by atoms with Gasteiger partial charge in [0, 0.05) is 42.8 Å². The minimum Gasteiger partial charge on any atom is -0.368 e. The molecule has 1 aromatic carbocycles. The van der Waals surface area contributed by atoms with Gasteiger partial charge in [0.15, 0.2) is 0 Å². The van der Waals surface area contributed by atoms with Crippen LogP contribution in [0.1, 0.15) is 35.4 Å². The fraction of sp³-hybridized carbons (Fsp3) is 0.455. The lowest BCUT2D eigenvalue weighted by atomic mass is 9.83. The van der Waals surface area contributed by atoms with E-state index in [4.69, 9.17) is 4.74 Å². The molecule has 5 rings (SSSR count). The maximum atomic E-state index is 12.8. The highest BCUT2D eigenvalue weighted by Gasteiger charge is 2.43. The Balaban J connectivity index is 1.35. The Labute approximate surface area is 164 Å². The summed E-state index contributed by atoms with van der Waals surface area (Å²) in [6.45, 7) is 4.17. The van der Waals surface area contributed by atoms with Gasteiger partial charge in [0.25, 0.3) is 0 Å². The Bertz CT molecular complexity index is 1040. The number of carbonyl (C=O) groups excluding carboxylic acids is 1. The van der Waals surface area contributed by atoms with Gasteiger partial charge in [0.05, 0.1) is 24.4 Å². The van der Waals surface area contributed by atoms with E-state index in [9.17, 15) is 4.79 Å². The molecule has 1 fully saturated rings. The van der Waals surface area contributed by atoms with E-state index in [1.54, 1.807) is 4.68 Å². The molecule has 2 aliphatic heterocycles. The molecule has 146 valence electrons. The smallest absolute Gasteiger partial charge is 0.227 e. The van der Waals surface area contributed by atoms with Gasteiger partial charge in [-0.2, -0.15) is 5.10 Å². The first-order valence-corrected chi connectivity index (χ1v) is 10.1. The van der Waals surface area contributed by atoms with Crippen molar-refractivity contribution in [3.05, 3.63) is 53.0 Å². The molecule has 2 aromatic heterocycles. The van der Waals surface area contributed by atoms with Crippen molar-refractivity contribution in [2.45, 2.75) is 38.2 Å². The van der Waals surface area contributed by atoms with Crippen LogP contribution in [0.5, 0.6) is 0 Å². The van der Waals surface area contributed by atoms with Crippen molar-refractivity contribution >= 4 is 16.8 Å². The van der Waals surface area contributed by atoms with Crippen LogP contribution >= 0.6 is 0 Å². The van der Waals surface area contributed by atoms with Gasteiger partial charge in [-0.25, -0.2) is 0 Å². The van der Waals surface area contributed by atoms with Gasteiger partial charge in [-0.3, -0.25) is 9.48 Å². The van der Waals surface area contributed by atoms with Crippen LogP contribution in [0, 0.1) is 6.92 Å². The summed E-state index contributed by atoms with van der Waals surface area (Å²) in [6.07, 6.45) is 4.99. The number of para-hydroxylation sites is 1. The summed E-state index contributed by atoms with van der Waals surface area (Å²) >= 11 is 0. The minimum atomic E-state index is -0.284. The van der Waals surface area contributed by atoms with Gasteiger partial charge in [-0.05, 0) is 37.8 Å². The number of aromatic amines is 1. The molecular weight excluding hydrogens is 352 g/mol. The third-order valence-electron chi connectivity index (χ3n) is 6.38. The van der Waals surface area contributed by atoms with Crippen molar-refractivity contribution in [2.24, 2.45) is 7.05 Å². The lowest BCUT2D eigenvalue weighted by Crippen LogP contribution is -2.48. The van der Waals surface area contributed by atoms with Gasteiger partial charge in [0.1, 0.15) is 5.60 Å². The first-order valence-electron chi connectivity index (χ1n) is 10.1. The normalized spacial score (nSPS) is 18.6. The molecule has 0 radical (unpaired) electrons. The molecule has 6 nitrogen and oxygen atoms in total. The van der Waals surface area contributed by atoms with E-state index >= 15 is 0 Å². The van der Waals surface area contributed by atoms with Gasteiger partial charge in [-0.15, -0.1) is 0 Å². The predicted molar refractivity (Wildman–Crippen MR) is 107 cm³/mol. The molecule has 6 heteroatoms. The fourth-order valence-corrected chi connectivity index (χ4v) is 4.88. The molecule has 1 saturated heterocycles. The number of fused-ring (bicyclic) bond motifs is 4. The Hall–Kier alpha value is -2.60. The summed E-state index contributed by atoms with van der Waals surface area (Å²) in [4.78, 5) is 18.4. The molecule has 28 heavy (non-hydrogen) atoms. The number of aromatic nitrogens is 3. The van der Waals surface area contributed by atoms with Crippen molar-refractivity contribution in [3.63, 3.8) is 0 Å². The highest BCUT2D eigenvalue weighted by Crippen LogP contribution is 2.43. The number of rotatable bonds is 2. The Morgan fingerprint density at radius 3 is 2.82 bits per heavy atom. The number of nitrogens with one attached hydrogen (secondary N) is 1. The molecule has 1 N–H and O–H groups in total. The largest absolute Gasteiger partial charge is 0.368 e. The first-order chi connectivity index (χ1) is 13.6. The number of hydrogen-bond donors (Lipinski definition) is 1. The summed E-state index contributed by atoms with van der Waals surface area (Å²) < 4.78 is 8.12. The van der Waals surface area contributed by atoms with Gasteiger partial charge < -0.3 is 14.6 Å².